The number of carbonyl (C=O) groups excluding carboxylic acids is 2. The quantitative estimate of drug-likeness (QED) is 0.795. The largest absolute Gasteiger partial charge is 0.497 e. The lowest BCUT2D eigenvalue weighted by atomic mass is 10.1. The molecule has 2 heterocycles. The molecule has 0 unspecified atom stereocenters. The van der Waals surface area contributed by atoms with E-state index in [-0.39, 0.29) is 11.1 Å². The Hall–Kier alpha value is -2.05. The van der Waals surface area contributed by atoms with Crippen LogP contribution in [0.3, 0.4) is 0 Å². The molecule has 1 aliphatic heterocycles. The van der Waals surface area contributed by atoms with Gasteiger partial charge in [-0.25, -0.2) is 0 Å². The predicted octanol–water partition coefficient (Wildman–Crippen LogP) is 4.09. The van der Waals surface area contributed by atoms with Gasteiger partial charge in [0.05, 0.1) is 12.0 Å². The van der Waals surface area contributed by atoms with Crippen molar-refractivity contribution >= 4 is 40.3 Å². The SMILES string of the molecule is COc1cccc(-c2csc(C=C3SC(=O)N(C)C3=O)c2)c1. The first kappa shape index (κ1) is 14.9. The van der Waals surface area contributed by atoms with Gasteiger partial charge in [-0.2, -0.15) is 0 Å². The van der Waals surface area contributed by atoms with Gasteiger partial charge in [-0.05, 0) is 52.5 Å². The Balaban J connectivity index is 1.88. The Labute approximate surface area is 136 Å². The minimum atomic E-state index is -0.244. The van der Waals surface area contributed by atoms with E-state index in [4.69, 9.17) is 4.74 Å². The molecule has 2 amide bonds. The summed E-state index contributed by atoms with van der Waals surface area (Å²) in [5, 5.41) is 1.79. The van der Waals surface area contributed by atoms with E-state index in [1.807, 2.05) is 35.7 Å². The van der Waals surface area contributed by atoms with Crippen LogP contribution in [0.4, 0.5) is 4.79 Å². The molecule has 0 bridgehead atoms. The van der Waals surface area contributed by atoms with Crippen molar-refractivity contribution in [3.05, 3.63) is 45.5 Å². The first-order valence-corrected chi connectivity index (χ1v) is 8.22. The molecule has 6 heteroatoms. The molecule has 1 aromatic carbocycles. The number of hydrogen-bond donors (Lipinski definition) is 0. The zero-order valence-electron chi connectivity index (χ0n) is 12.0. The minimum Gasteiger partial charge on any atom is -0.497 e. The highest BCUT2D eigenvalue weighted by Gasteiger charge is 2.31. The molecule has 0 saturated carbocycles. The molecule has 1 aromatic heterocycles. The van der Waals surface area contributed by atoms with Crippen LogP contribution >= 0.6 is 23.1 Å². The summed E-state index contributed by atoms with van der Waals surface area (Å²) in [4.78, 5) is 25.9. The summed E-state index contributed by atoms with van der Waals surface area (Å²) < 4.78 is 5.23. The summed E-state index contributed by atoms with van der Waals surface area (Å²) in [6.07, 6.45) is 1.77. The number of amides is 2. The molecule has 0 atom stereocenters. The van der Waals surface area contributed by atoms with E-state index in [0.717, 1.165) is 38.4 Å². The van der Waals surface area contributed by atoms with Gasteiger partial charge in [0, 0.05) is 11.9 Å². The summed E-state index contributed by atoms with van der Waals surface area (Å²) in [6.45, 7) is 0. The highest BCUT2D eigenvalue weighted by atomic mass is 32.2. The second-order valence-corrected chi connectivity index (χ2v) is 6.65. The zero-order chi connectivity index (χ0) is 15.7. The molecule has 1 fully saturated rings. The third kappa shape index (κ3) is 2.80. The molecule has 112 valence electrons. The lowest BCUT2D eigenvalue weighted by Gasteiger charge is -2.02. The van der Waals surface area contributed by atoms with Crippen LogP contribution in [-0.4, -0.2) is 30.2 Å². The van der Waals surface area contributed by atoms with Crippen LogP contribution in [0.15, 0.2) is 40.6 Å². The zero-order valence-corrected chi connectivity index (χ0v) is 13.7. The number of hydrogen-bond acceptors (Lipinski definition) is 5. The number of carbonyl (C=O) groups is 2. The van der Waals surface area contributed by atoms with Crippen LogP contribution in [0.2, 0.25) is 0 Å². The Bertz CT molecular complexity index is 779. The monoisotopic (exact) mass is 331 g/mol. The standard InChI is InChI=1S/C16H13NO3S2/c1-17-15(18)14(22-16(17)19)8-13-7-11(9-21-13)10-4-3-5-12(6-10)20-2/h3-9H,1-2H3. The van der Waals surface area contributed by atoms with Gasteiger partial charge in [0.15, 0.2) is 0 Å². The third-order valence-corrected chi connectivity index (χ3v) is 5.12. The fraction of sp³-hybridized carbons (Fsp3) is 0.125. The average Bonchev–Trinajstić information content (AvgIpc) is 3.09. The number of ether oxygens (including phenoxy) is 1. The summed E-state index contributed by atoms with van der Waals surface area (Å²) in [5.74, 6) is 0.559. The van der Waals surface area contributed by atoms with Crippen LogP contribution in [0.5, 0.6) is 5.75 Å². The molecule has 3 rings (SSSR count). The van der Waals surface area contributed by atoms with E-state index in [9.17, 15) is 9.59 Å². The van der Waals surface area contributed by atoms with Gasteiger partial charge >= 0.3 is 0 Å². The van der Waals surface area contributed by atoms with Crippen molar-refractivity contribution < 1.29 is 14.3 Å². The molecule has 0 N–H and O–H groups in total. The van der Waals surface area contributed by atoms with Crippen LogP contribution in [-0.2, 0) is 4.79 Å². The summed E-state index contributed by atoms with van der Waals surface area (Å²) in [6, 6.07) is 9.81. The molecule has 0 radical (unpaired) electrons. The molecular formula is C16H13NO3S2. The number of likely N-dealkylation sites (N-methyl/N-ethyl adjacent to an activating group) is 1. The van der Waals surface area contributed by atoms with Crippen molar-refractivity contribution in [1.29, 1.82) is 0 Å². The van der Waals surface area contributed by atoms with E-state index >= 15 is 0 Å². The Kier molecular flexibility index (Phi) is 4.04. The van der Waals surface area contributed by atoms with Crippen molar-refractivity contribution in [3.8, 4) is 16.9 Å². The number of methoxy groups -OCH3 is 1. The molecule has 4 nitrogen and oxygen atoms in total. The third-order valence-electron chi connectivity index (χ3n) is 3.28. The van der Waals surface area contributed by atoms with Crippen molar-refractivity contribution in [2.75, 3.05) is 14.2 Å². The maximum atomic E-state index is 11.9. The number of thioether (sulfide) groups is 1. The Morgan fingerprint density at radius 2 is 2.00 bits per heavy atom. The van der Waals surface area contributed by atoms with E-state index in [1.54, 1.807) is 13.2 Å². The van der Waals surface area contributed by atoms with E-state index in [1.165, 1.54) is 18.4 Å². The smallest absolute Gasteiger partial charge is 0.293 e. The fourth-order valence-electron chi connectivity index (χ4n) is 2.06. The van der Waals surface area contributed by atoms with Gasteiger partial charge in [0.2, 0.25) is 0 Å². The number of thiophene rings is 1. The molecule has 0 aliphatic carbocycles. The topological polar surface area (TPSA) is 46.6 Å². The lowest BCUT2D eigenvalue weighted by Crippen LogP contribution is -2.22. The van der Waals surface area contributed by atoms with Crippen molar-refractivity contribution in [2.45, 2.75) is 0 Å². The van der Waals surface area contributed by atoms with E-state index in [0.29, 0.717) is 4.91 Å². The van der Waals surface area contributed by atoms with Crippen molar-refractivity contribution in [1.82, 2.24) is 4.90 Å². The van der Waals surface area contributed by atoms with Crippen LogP contribution < -0.4 is 4.74 Å². The number of nitrogens with zero attached hydrogens (tertiary/aromatic N) is 1. The lowest BCUT2D eigenvalue weighted by molar-refractivity contribution is -0.121. The summed E-state index contributed by atoms with van der Waals surface area (Å²) in [7, 11) is 3.13. The van der Waals surface area contributed by atoms with Gasteiger partial charge in [0.25, 0.3) is 11.1 Å². The van der Waals surface area contributed by atoms with Crippen LogP contribution in [0.25, 0.3) is 17.2 Å². The predicted molar refractivity (Wildman–Crippen MR) is 90.0 cm³/mol. The summed E-state index contributed by atoms with van der Waals surface area (Å²) >= 11 is 2.51. The van der Waals surface area contributed by atoms with Crippen molar-refractivity contribution in [3.63, 3.8) is 0 Å². The highest BCUT2D eigenvalue weighted by Crippen LogP contribution is 2.34. The van der Waals surface area contributed by atoms with Gasteiger partial charge in [0.1, 0.15) is 5.75 Å². The highest BCUT2D eigenvalue weighted by molar-refractivity contribution is 8.18. The first-order chi connectivity index (χ1) is 10.6. The average molecular weight is 331 g/mol. The van der Waals surface area contributed by atoms with Gasteiger partial charge in [-0.1, -0.05) is 12.1 Å². The Morgan fingerprint density at radius 1 is 1.18 bits per heavy atom. The summed E-state index contributed by atoms with van der Waals surface area (Å²) in [5.41, 5.74) is 2.12. The molecular weight excluding hydrogens is 318 g/mol. The second kappa shape index (κ2) is 5.98. The molecule has 2 aromatic rings. The second-order valence-electron chi connectivity index (χ2n) is 4.71. The first-order valence-electron chi connectivity index (χ1n) is 6.53. The number of benzene rings is 1. The van der Waals surface area contributed by atoms with E-state index < -0.39 is 0 Å². The Morgan fingerprint density at radius 3 is 2.68 bits per heavy atom. The molecule has 1 saturated heterocycles. The minimum absolute atomic E-state index is 0.235. The van der Waals surface area contributed by atoms with Crippen molar-refractivity contribution in [2.24, 2.45) is 0 Å². The molecule has 22 heavy (non-hydrogen) atoms. The fourth-order valence-corrected chi connectivity index (χ4v) is 3.80. The van der Waals surface area contributed by atoms with Gasteiger partial charge < -0.3 is 4.74 Å². The van der Waals surface area contributed by atoms with Crippen LogP contribution in [0, 0.1) is 0 Å². The van der Waals surface area contributed by atoms with Crippen LogP contribution in [0.1, 0.15) is 4.88 Å². The number of rotatable bonds is 3. The van der Waals surface area contributed by atoms with Gasteiger partial charge in [-0.3, -0.25) is 14.5 Å². The maximum absolute atomic E-state index is 11.9. The molecule has 0 spiro atoms. The molecule has 1 aliphatic rings. The van der Waals surface area contributed by atoms with Gasteiger partial charge in [-0.15, -0.1) is 11.3 Å². The number of imide groups is 1. The maximum Gasteiger partial charge on any atom is 0.293 e. The van der Waals surface area contributed by atoms with E-state index in [2.05, 4.69) is 0 Å². The normalized spacial score (nSPS) is 16.6.